The van der Waals surface area contributed by atoms with Gasteiger partial charge in [-0.2, -0.15) is 0 Å². The standard InChI is InChI=1S/C15H21F2N3O/c16-12-4-3-5-13(17)14(12)15(21)20-10-8-19(9-11-20)7-2-1-6-18/h3-5H,1-2,6-11,18H2. The molecule has 1 fully saturated rings. The second kappa shape index (κ2) is 7.47. The fourth-order valence-corrected chi connectivity index (χ4v) is 2.51. The van der Waals surface area contributed by atoms with E-state index in [1.165, 1.54) is 11.0 Å². The molecule has 4 nitrogen and oxygen atoms in total. The molecule has 0 saturated carbocycles. The van der Waals surface area contributed by atoms with Gasteiger partial charge in [0.05, 0.1) is 0 Å². The molecule has 0 unspecified atom stereocenters. The number of nitrogens with two attached hydrogens (primary N) is 1. The maximum Gasteiger partial charge on any atom is 0.259 e. The Balaban J connectivity index is 1.91. The molecule has 1 aliphatic heterocycles. The Kier molecular flexibility index (Phi) is 5.64. The van der Waals surface area contributed by atoms with Crippen molar-refractivity contribution in [1.82, 2.24) is 9.80 Å². The molecule has 0 aromatic heterocycles. The third-order valence-corrected chi connectivity index (χ3v) is 3.76. The van der Waals surface area contributed by atoms with Gasteiger partial charge in [-0.15, -0.1) is 0 Å². The van der Waals surface area contributed by atoms with E-state index in [4.69, 9.17) is 5.73 Å². The highest BCUT2D eigenvalue weighted by Gasteiger charge is 2.26. The first kappa shape index (κ1) is 15.9. The summed E-state index contributed by atoms with van der Waals surface area (Å²) < 4.78 is 27.3. The Morgan fingerprint density at radius 2 is 1.71 bits per heavy atom. The molecule has 0 radical (unpaired) electrons. The van der Waals surface area contributed by atoms with Crippen molar-refractivity contribution < 1.29 is 13.6 Å². The smallest absolute Gasteiger partial charge is 0.259 e. The molecule has 116 valence electrons. The Hall–Kier alpha value is -1.53. The van der Waals surface area contributed by atoms with Gasteiger partial charge in [-0.05, 0) is 38.1 Å². The second-order valence-electron chi connectivity index (χ2n) is 5.23. The van der Waals surface area contributed by atoms with Gasteiger partial charge in [-0.3, -0.25) is 9.69 Å². The first-order chi connectivity index (χ1) is 10.1. The number of rotatable bonds is 5. The zero-order chi connectivity index (χ0) is 15.2. The molecular formula is C15H21F2N3O. The van der Waals surface area contributed by atoms with Crippen LogP contribution in [0.1, 0.15) is 23.2 Å². The number of carbonyl (C=O) groups excluding carboxylic acids is 1. The summed E-state index contributed by atoms with van der Waals surface area (Å²) in [5, 5.41) is 0. The average molecular weight is 297 g/mol. The lowest BCUT2D eigenvalue weighted by Crippen LogP contribution is -2.49. The third kappa shape index (κ3) is 3.98. The van der Waals surface area contributed by atoms with Crippen LogP contribution in [0.5, 0.6) is 0 Å². The predicted molar refractivity (Wildman–Crippen MR) is 77.0 cm³/mol. The van der Waals surface area contributed by atoms with Crippen LogP contribution >= 0.6 is 0 Å². The average Bonchev–Trinajstić information content (AvgIpc) is 2.48. The highest BCUT2D eigenvalue weighted by Crippen LogP contribution is 2.16. The molecule has 0 spiro atoms. The molecule has 6 heteroatoms. The summed E-state index contributed by atoms with van der Waals surface area (Å²) in [4.78, 5) is 16.0. The zero-order valence-electron chi connectivity index (χ0n) is 12.0. The van der Waals surface area contributed by atoms with E-state index in [-0.39, 0.29) is 0 Å². The van der Waals surface area contributed by atoms with Crippen LogP contribution in [0.3, 0.4) is 0 Å². The number of nitrogens with zero attached hydrogens (tertiary/aromatic N) is 2. The van der Waals surface area contributed by atoms with Gasteiger partial charge < -0.3 is 10.6 Å². The summed E-state index contributed by atoms with van der Waals surface area (Å²) in [6.07, 6.45) is 2.02. The van der Waals surface area contributed by atoms with Crippen LogP contribution in [-0.4, -0.2) is 55.0 Å². The molecule has 0 aliphatic carbocycles. The van der Waals surface area contributed by atoms with Gasteiger partial charge >= 0.3 is 0 Å². The Bertz CT molecular complexity index is 468. The van der Waals surface area contributed by atoms with Crippen molar-refractivity contribution in [2.24, 2.45) is 5.73 Å². The van der Waals surface area contributed by atoms with Crippen molar-refractivity contribution in [1.29, 1.82) is 0 Å². The minimum absolute atomic E-state index is 0.450. The summed E-state index contributed by atoms with van der Waals surface area (Å²) in [7, 11) is 0. The minimum atomic E-state index is -0.801. The monoisotopic (exact) mass is 297 g/mol. The topological polar surface area (TPSA) is 49.6 Å². The molecule has 1 amide bonds. The molecule has 1 heterocycles. The minimum Gasteiger partial charge on any atom is -0.336 e. The molecule has 0 bridgehead atoms. The molecular weight excluding hydrogens is 276 g/mol. The predicted octanol–water partition coefficient (Wildman–Crippen LogP) is 1.46. The highest BCUT2D eigenvalue weighted by atomic mass is 19.1. The molecule has 2 N–H and O–H groups in total. The van der Waals surface area contributed by atoms with Crippen LogP contribution in [-0.2, 0) is 0 Å². The number of carbonyl (C=O) groups is 1. The summed E-state index contributed by atoms with van der Waals surface area (Å²) in [6, 6.07) is 3.48. The highest BCUT2D eigenvalue weighted by molar-refractivity contribution is 5.94. The summed E-state index contributed by atoms with van der Waals surface area (Å²) in [5.41, 5.74) is 5.01. The molecule has 1 saturated heterocycles. The van der Waals surface area contributed by atoms with Gasteiger partial charge in [0, 0.05) is 26.2 Å². The van der Waals surface area contributed by atoms with Crippen LogP contribution < -0.4 is 5.73 Å². The number of unbranched alkanes of at least 4 members (excludes halogenated alkanes) is 1. The van der Waals surface area contributed by atoms with E-state index in [0.717, 1.165) is 44.6 Å². The first-order valence-corrected chi connectivity index (χ1v) is 7.29. The van der Waals surface area contributed by atoms with Gasteiger partial charge in [0.2, 0.25) is 0 Å². The Morgan fingerprint density at radius 1 is 1.10 bits per heavy atom. The molecule has 21 heavy (non-hydrogen) atoms. The molecule has 2 rings (SSSR count). The lowest BCUT2D eigenvalue weighted by Gasteiger charge is -2.34. The fourth-order valence-electron chi connectivity index (χ4n) is 2.51. The van der Waals surface area contributed by atoms with Gasteiger partial charge in [0.25, 0.3) is 5.91 Å². The number of hydrogen-bond acceptors (Lipinski definition) is 3. The second-order valence-corrected chi connectivity index (χ2v) is 5.23. The number of piperazine rings is 1. The summed E-state index contributed by atoms with van der Waals surface area (Å²) >= 11 is 0. The van der Waals surface area contributed by atoms with Crippen LogP contribution in [0, 0.1) is 11.6 Å². The maximum atomic E-state index is 13.6. The Morgan fingerprint density at radius 3 is 2.29 bits per heavy atom. The normalized spacial score (nSPS) is 16.2. The molecule has 1 aliphatic rings. The van der Waals surface area contributed by atoms with Crippen LogP contribution in [0.4, 0.5) is 8.78 Å². The number of halogens is 2. The van der Waals surface area contributed by atoms with E-state index >= 15 is 0 Å². The van der Waals surface area contributed by atoms with Crippen molar-refractivity contribution in [2.75, 3.05) is 39.3 Å². The molecule has 1 aromatic rings. The van der Waals surface area contributed by atoms with E-state index < -0.39 is 23.1 Å². The van der Waals surface area contributed by atoms with Gasteiger partial charge in [0.15, 0.2) is 0 Å². The largest absolute Gasteiger partial charge is 0.336 e. The van der Waals surface area contributed by atoms with Gasteiger partial charge in [0.1, 0.15) is 17.2 Å². The van der Waals surface area contributed by atoms with Crippen LogP contribution in [0.2, 0.25) is 0 Å². The van der Waals surface area contributed by atoms with E-state index in [2.05, 4.69) is 4.90 Å². The molecule has 0 atom stereocenters. The number of benzene rings is 1. The lowest BCUT2D eigenvalue weighted by atomic mass is 10.1. The van der Waals surface area contributed by atoms with E-state index in [1.54, 1.807) is 0 Å². The Labute approximate surface area is 123 Å². The zero-order valence-corrected chi connectivity index (χ0v) is 12.0. The molecule has 1 aromatic carbocycles. The van der Waals surface area contributed by atoms with Gasteiger partial charge in [-0.25, -0.2) is 8.78 Å². The third-order valence-electron chi connectivity index (χ3n) is 3.76. The van der Waals surface area contributed by atoms with Crippen molar-refractivity contribution in [3.05, 3.63) is 35.4 Å². The number of hydrogen-bond donors (Lipinski definition) is 1. The summed E-state index contributed by atoms with van der Waals surface area (Å²) in [6.45, 7) is 4.08. The van der Waals surface area contributed by atoms with Crippen LogP contribution in [0.25, 0.3) is 0 Å². The maximum absolute atomic E-state index is 13.6. The summed E-state index contributed by atoms with van der Waals surface area (Å²) in [5.74, 6) is -2.16. The quantitative estimate of drug-likeness (QED) is 0.837. The SMILES string of the molecule is NCCCCN1CCN(C(=O)c2c(F)cccc2F)CC1. The first-order valence-electron chi connectivity index (χ1n) is 7.29. The lowest BCUT2D eigenvalue weighted by molar-refractivity contribution is 0.0626. The van der Waals surface area contributed by atoms with Crippen molar-refractivity contribution in [3.8, 4) is 0 Å². The van der Waals surface area contributed by atoms with Crippen molar-refractivity contribution >= 4 is 5.91 Å². The van der Waals surface area contributed by atoms with Gasteiger partial charge in [-0.1, -0.05) is 6.07 Å². The van der Waals surface area contributed by atoms with Crippen molar-refractivity contribution in [2.45, 2.75) is 12.8 Å². The fraction of sp³-hybridized carbons (Fsp3) is 0.533. The van der Waals surface area contributed by atoms with E-state index in [1.807, 2.05) is 0 Å². The van der Waals surface area contributed by atoms with Crippen LogP contribution in [0.15, 0.2) is 18.2 Å². The van der Waals surface area contributed by atoms with Crippen molar-refractivity contribution in [3.63, 3.8) is 0 Å². The van der Waals surface area contributed by atoms with E-state index in [9.17, 15) is 13.6 Å². The number of amides is 1. The van der Waals surface area contributed by atoms with E-state index in [0.29, 0.717) is 19.6 Å².